The van der Waals surface area contributed by atoms with Crippen molar-refractivity contribution in [2.75, 3.05) is 0 Å². The molecule has 0 bridgehead atoms. The molecule has 3 aromatic rings. The molecule has 0 aliphatic carbocycles. The molecule has 0 radical (unpaired) electrons. The summed E-state index contributed by atoms with van der Waals surface area (Å²) in [4.78, 5) is 17.2. The first-order chi connectivity index (χ1) is 10.9. The Kier molecular flexibility index (Phi) is 4.37. The van der Waals surface area contributed by atoms with E-state index in [1.807, 2.05) is 23.7 Å². The van der Waals surface area contributed by atoms with Crippen molar-refractivity contribution in [3.05, 3.63) is 62.9 Å². The summed E-state index contributed by atoms with van der Waals surface area (Å²) in [6, 6.07) is 11.6. The van der Waals surface area contributed by atoms with Gasteiger partial charge in [0.1, 0.15) is 0 Å². The lowest BCUT2D eigenvalue weighted by Crippen LogP contribution is -2.14. The van der Waals surface area contributed by atoms with E-state index in [0.29, 0.717) is 5.02 Å². The second-order valence-corrected chi connectivity index (χ2v) is 7.10. The van der Waals surface area contributed by atoms with E-state index in [9.17, 15) is 4.79 Å². The van der Waals surface area contributed by atoms with Crippen molar-refractivity contribution >= 4 is 39.1 Å². The van der Waals surface area contributed by atoms with Gasteiger partial charge in [-0.3, -0.25) is 4.79 Å². The van der Waals surface area contributed by atoms with Crippen LogP contribution in [0.1, 0.15) is 16.7 Å². The minimum atomic E-state index is -0.150. The maximum absolute atomic E-state index is 12.2. The quantitative estimate of drug-likeness (QED) is 0.686. The summed E-state index contributed by atoms with van der Waals surface area (Å²) in [6.07, 6.45) is 0.281. The summed E-state index contributed by atoms with van der Waals surface area (Å²) in [5, 5.41) is 0.666. The van der Waals surface area contributed by atoms with Gasteiger partial charge < -0.3 is 4.57 Å². The van der Waals surface area contributed by atoms with Gasteiger partial charge in [-0.2, -0.15) is 4.99 Å². The lowest BCUT2D eigenvalue weighted by atomic mass is 10.1. The number of halogens is 1. The van der Waals surface area contributed by atoms with E-state index in [-0.39, 0.29) is 12.3 Å². The predicted molar refractivity (Wildman–Crippen MR) is 96.0 cm³/mol. The Morgan fingerprint density at radius 1 is 1.17 bits per heavy atom. The molecule has 23 heavy (non-hydrogen) atoms. The standard InChI is InChI=1S/C18H17ClN2OS/c1-11-8-15-16(9-12(11)2)23-18(21(15)3)20-17(22)10-13-4-6-14(19)7-5-13/h4-9H,10H2,1-3H3. The number of hydrogen-bond acceptors (Lipinski definition) is 2. The van der Waals surface area contributed by atoms with E-state index in [1.54, 1.807) is 23.5 Å². The van der Waals surface area contributed by atoms with Crippen LogP contribution in [0.5, 0.6) is 0 Å². The van der Waals surface area contributed by atoms with Crippen LogP contribution in [0.4, 0.5) is 0 Å². The molecule has 0 fully saturated rings. The summed E-state index contributed by atoms with van der Waals surface area (Å²) >= 11 is 7.40. The Morgan fingerprint density at radius 3 is 2.52 bits per heavy atom. The van der Waals surface area contributed by atoms with Crippen molar-refractivity contribution in [3.63, 3.8) is 0 Å². The highest BCUT2D eigenvalue weighted by atomic mass is 35.5. The van der Waals surface area contributed by atoms with Crippen molar-refractivity contribution in [3.8, 4) is 0 Å². The second kappa shape index (κ2) is 6.30. The fraction of sp³-hybridized carbons (Fsp3) is 0.222. The number of amides is 1. The van der Waals surface area contributed by atoms with Gasteiger partial charge in [0.25, 0.3) is 5.91 Å². The van der Waals surface area contributed by atoms with Gasteiger partial charge in [-0.15, -0.1) is 0 Å². The number of hydrogen-bond donors (Lipinski definition) is 0. The molecule has 118 valence electrons. The molecule has 2 aromatic carbocycles. The van der Waals surface area contributed by atoms with Gasteiger partial charge in [-0.05, 0) is 54.8 Å². The average molecular weight is 345 g/mol. The van der Waals surface area contributed by atoms with Gasteiger partial charge in [-0.1, -0.05) is 35.1 Å². The zero-order valence-corrected chi connectivity index (χ0v) is 14.8. The summed E-state index contributed by atoms with van der Waals surface area (Å²) in [6.45, 7) is 4.19. The highest BCUT2D eigenvalue weighted by molar-refractivity contribution is 7.16. The van der Waals surface area contributed by atoms with Gasteiger partial charge >= 0.3 is 0 Å². The van der Waals surface area contributed by atoms with Gasteiger partial charge in [0.05, 0.1) is 16.6 Å². The Labute approximate surface area is 143 Å². The number of aromatic nitrogens is 1. The number of carbonyl (C=O) groups is 1. The first kappa shape index (κ1) is 16.0. The molecule has 0 N–H and O–H groups in total. The minimum absolute atomic E-state index is 0.150. The molecular weight excluding hydrogens is 328 g/mol. The highest BCUT2D eigenvalue weighted by Gasteiger charge is 2.07. The van der Waals surface area contributed by atoms with E-state index in [2.05, 4.69) is 31.0 Å². The molecule has 0 atom stereocenters. The van der Waals surface area contributed by atoms with Crippen LogP contribution in [0, 0.1) is 13.8 Å². The monoisotopic (exact) mass is 344 g/mol. The van der Waals surface area contributed by atoms with E-state index in [4.69, 9.17) is 11.6 Å². The van der Waals surface area contributed by atoms with Crippen molar-refractivity contribution < 1.29 is 4.79 Å². The first-order valence-corrected chi connectivity index (χ1v) is 8.52. The lowest BCUT2D eigenvalue weighted by Gasteiger charge is -2.01. The number of aryl methyl sites for hydroxylation is 3. The molecule has 3 nitrogen and oxygen atoms in total. The van der Waals surface area contributed by atoms with E-state index in [0.717, 1.165) is 20.6 Å². The first-order valence-electron chi connectivity index (χ1n) is 7.33. The molecule has 0 aliphatic heterocycles. The molecular formula is C18H17ClN2OS. The number of nitrogens with zero attached hydrogens (tertiary/aromatic N) is 2. The topological polar surface area (TPSA) is 34.4 Å². The van der Waals surface area contributed by atoms with Crippen molar-refractivity contribution in [2.24, 2.45) is 12.0 Å². The largest absolute Gasteiger partial charge is 0.319 e. The summed E-state index contributed by atoms with van der Waals surface area (Å²) in [7, 11) is 1.95. The highest BCUT2D eigenvalue weighted by Crippen LogP contribution is 2.21. The fourth-order valence-electron chi connectivity index (χ4n) is 2.41. The van der Waals surface area contributed by atoms with Gasteiger partial charge in [-0.25, -0.2) is 0 Å². The molecule has 0 saturated heterocycles. The zero-order valence-electron chi connectivity index (χ0n) is 13.3. The van der Waals surface area contributed by atoms with Gasteiger partial charge in [0.15, 0.2) is 4.80 Å². The molecule has 1 heterocycles. The fourth-order valence-corrected chi connectivity index (χ4v) is 3.65. The summed E-state index contributed by atoms with van der Waals surface area (Å²) in [5.41, 5.74) is 4.51. The normalized spacial score (nSPS) is 12.1. The number of thiazole rings is 1. The van der Waals surface area contributed by atoms with Crippen LogP contribution in [0.2, 0.25) is 5.02 Å². The van der Waals surface area contributed by atoms with Gasteiger partial charge in [0.2, 0.25) is 0 Å². The number of carbonyl (C=O) groups excluding carboxylic acids is 1. The zero-order chi connectivity index (χ0) is 16.6. The van der Waals surface area contributed by atoms with Crippen LogP contribution >= 0.6 is 22.9 Å². The number of benzene rings is 2. The van der Waals surface area contributed by atoms with Crippen molar-refractivity contribution in [1.82, 2.24) is 4.57 Å². The molecule has 0 spiro atoms. The van der Waals surface area contributed by atoms with Crippen LogP contribution < -0.4 is 4.80 Å². The van der Waals surface area contributed by atoms with Gasteiger partial charge in [0, 0.05) is 12.1 Å². The Bertz CT molecular complexity index is 952. The molecule has 1 aromatic heterocycles. The van der Waals surface area contributed by atoms with Crippen LogP contribution in [-0.4, -0.2) is 10.5 Å². The molecule has 0 aliphatic rings. The van der Waals surface area contributed by atoms with E-state index >= 15 is 0 Å². The lowest BCUT2D eigenvalue weighted by molar-refractivity contribution is -0.117. The molecule has 1 amide bonds. The van der Waals surface area contributed by atoms with E-state index < -0.39 is 0 Å². The third kappa shape index (κ3) is 3.38. The third-order valence-electron chi connectivity index (χ3n) is 3.91. The van der Waals surface area contributed by atoms with Crippen LogP contribution in [-0.2, 0) is 18.3 Å². The third-order valence-corrected chi connectivity index (χ3v) is 5.26. The SMILES string of the molecule is Cc1cc2sc(=NC(=O)Cc3ccc(Cl)cc3)n(C)c2cc1C. The predicted octanol–water partition coefficient (Wildman–Crippen LogP) is 4.18. The number of fused-ring (bicyclic) bond motifs is 1. The van der Waals surface area contributed by atoms with Crippen LogP contribution in [0.3, 0.4) is 0 Å². The van der Waals surface area contributed by atoms with Crippen molar-refractivity contribution in [1.29, 1.82) is 0 Å². The van der Waals surface area contributed by atoms with E-state index in [1.165, 1.54) is 11.1 Å². The summed E-state index contributed by atoms with van der Waals surface area (Å²) < 4.78 is 3.13. The van der Waals surface area contributed by atoms with Crippen molar-refractivity contribution in [2.45, 2.75) is 20.3 Å². The minimum Gasteiger partial charge on any atom is -0.319 e. The van der Waals surface area contributed by atoms with Crippen LogP contribution in [0.15, 0.2) is 41.4 Å². The summed E-state index contributed by atoms with van der Waals surface area (Å²) in [5.74, 6) is -0.150. The molecule has 0 saturated carbocycles. The Morgan fingerprint density at radius 2 is 1.83 bits per heavy atom. The maximum Gasteiger partial charge on any atom is 0.252 e. The smallest absolute Gasteiger partial charge is 0.252 e. The molecule has 0 unspecified atom stereocenters. The Hall–Kier alpha value is -1.91. The second-order valence-electron chi connectivity index (χ2n) is 5.66. The molecule has 5 heteroatoms. The number of rotatable bonds is 2. The Balaban J connectivity index is 1.95. The van der Waals surface area contributed by atoms with Crippen LogP contribution in [0.25, 0.3) is 10.2 Å². The average Bonchev–Trinajstić information content (AvgIpc) is 2.78. The molecule has 3 rings (SSSR count). The maximum atomic E-state index is 12.2.